The minimum Gasteiger partial charge on any atom is -0.477 e. The van der Waals surface area contributed by atoms with E-state index in [0.717, 1.165) is 25.7 Å². The number of aliphatic hydroxyl groups excluding tert-OH is 1. The van der Waals surface area contributed by atoms with Crippen LogP contribution >= 0.6 is 0 Å². The molecule has 3 aliphatic rings. The van der Waals surface area contributed by atoms with Gasteiger partial charge in [0.2, 0.25) is 5.43 Å². The van der Waals surface area contributed by atoms with E-state index in [-0.39, 0.29) is 34.9 Å². The van der Waals surface area contributed by atoms with Gasteiger partial charge in [0.25, 0.3) is 0 Å². The highest BCUT2D eigenvalue weighted by Gasteiger charge is 2.55. The van der Waals surface area contributed by atoms with Crippen molar-refractivity contribution in [2.24, 2.45) is 11.3 Å². The zero-order valence-electron chi connectivity index (χ0n) is 15.7. The molecule has 2 heterocycles. The molecule has 148 valence electrons. The topological polar surface area (TPSA) is 82.8 Å². The zero-order valence-corrected chi connectivity index (χ0v) is 15.7. The van der Waals surface area contributed by atoms with Gasteiger partial charge < -0.3 is 19.7 Å². The van der Waals surface area contributed by atoms with Crippen LogP contribution in [0.1, 0.15) is 47.6 Å². The summed E-state index contributed by atoms with van der Waals surface area (Å²) in [6.45, 7) is 3.22. The van der Waals surface area contributed by atoms with E-state index in [0.29, 0.717) is 29.9 Å². The summed E-state index contributed by atoms with van der Waals surface area (Å²) in [7, 11) is 0. The Morgan fingerprint density at radius 2 is 2.07 bits per heavy atom. The number of aromatic nitrogens is 1. The minimum absolute atomic E-state index is 0.0892. The SMILES string of the molecule is Cc1c(N2CC(CO)C3(CC3)C2)c(F)cc2c(=O)c(C(=O)O)cn(C3CC3)c12. The van der Waals surface area contributed by atoms with Crippen molar-refractivity contribution in [1.29, 1.82) is 0 Å². The molecule has 1 aromatic heterocycles. The maximum absolute atomic E-state index is 15.2. The molecule has 7 heteroatoms. The number of aromatic carboxylic acids is 1. The van der Waals surface area contributed by atoms with E-state index >= 15 is 4.39 Å². The number of pyridine rings is 1. The van der Waals surface area contributed by atoms with Crippen LogP contribution in [0.25, 0.3) is 10.9 Å². The molecule has 1 atom stereocenters. The first kappa shape index (κ1) is 17.7. The van der Waals surface area contributed by atoms with Crippen LogP contribution in [-0.4, -0.2) is 40.4 Å². The molecule has 2 N–H and O–H groups in total. The predicted molar refractivity (Wildman–Crippen MR) is 103 cm³/mol. The van der Waals surface area contributed by atoms with Crippen molar-refractivity contribution in [3.8, 4) is 0 Å². The standard InChI is InChI=1S/C21H23FN2O4/c1-11-17-14(19(26)15(20(27)28)8-24(17)13-2-3-13)6-16(22)18(11)23-7-12(9-25)21(10-23)4-5-21/h6,8,12-13,25H,2-5,7,9-10H2,1H3,(H,27,28). The van der Waals surface area contributed by atoms with Gasteiger partial charge in [0.1, 0.15) is 11.4 Å². The van der Waals surface area contributed by atoms with Crippen molar-refractivity contribution in [3.63, 3.8) is 0 Å². The molecule has 1 spiro atoms. The van der Waals surface area contributed by atoms with Gasteiger partial charge >= 0.3 is 5.97 Å². The van der Waals surface area contributed by atoms with Gasteiger partial charge in [-0.05, 0) is 49.7 Å². The van der Waals surface area contributed by atoms with Crippen LogP contribution in [0.15, 0.2) is 17.1 Å². The number of benzene rings is 1. The van der Waals surface area contributed by atoms with Crippen LogP contribution in [-0.2, 0) is 0 Å². The fourth-order valence-corrected chi connectivity index (χ4v) is 5.03. The average Bonchev–Trinajstić information content (AvgIpc) is 3.54. The molecule has 0 amide bonds. The molecule has 6 nitrogen and oxygen atoms in total. The number of aliphatic hydroxyl groups is 1. The van der Waals surface area contributed by atoms with Crippen molar-refractivity contribution < 1.29 is 19.4 Å². The molecule has 3 fully saturated rings. The van der Waals surface area contributed by atoms with Gasteiger partial charge in [-0.25, -0.2) is 9.18 Å². The van der Waals surface area contributed by atoms with Crippen LogP contribution in [0.2, 0.25) is 0 Å². The first-order chi connectivity index (χ1) is 13.4. The van der Waals surface area contributed by atoms with Crippen molar-refractivity contribution in [1.82, 2.24) is 4.57 Å². The lowest BCUT2D eigenvalue weighted by atomic mass is 9.94. The number of anilines is 1. The second kappa shape index (κ2) is 5.80. The third kappa shape index (κ3) is 2.42. The third-order valence-corrected chi connectivity index (χ3v) is 6.89. The maximum Gasteiger partial charge on any atom is 0.341 e. The monoisotopic (exact) mass is 386 g/mol. The van der Waals surface area contributed by atoms with Crippen LogP contribution in [0.5, 0.6) is 0 Å². The van der Waals surface area contributed by atoms with E-state index in [1.807, 2.05) is 16.4 Å². The summed E-state index contributed by atoms with van der Waals surface area (Å²) in [5.41, 5.74) is 0.917. The molecular formula is C21H23FN2O4. The average molecular weight is 386 g/mol. The minimum atomic E-state index is -1.29. The van der Waals surface area contributed by atoms with Gasteiger partial charge in [-0.3, -0.25) is 4.79 Å². The van der Waals surface area contributed by atoms with Crippen LogP contribution in [0.3, 0.4) is 0 Å². The summed E-state index contributed by atoms with van der Waals surface area (Å²) in [6, 6.07) is 1.36. The van der Waals surface area contributed by atoms with Crippen molar-refractivity contribution in [3.05, 3.63) is 39.4 Å². The Morgan fingerprint density at radius 3 is 2.61 bits per heavy atom. The Bertz CT molecular complexity index is 1070. The van der Waals surface area contributed by atoms with Gasteiger partial charge in [-0.15, -0.1) is 0 Å². The van der Waals surface area contributed by atoms with E-state index in [1.165, 1.54) is 12.3 Å². The van der Waals surface area contributed by atoms with Crippen LogP contribution in [0, 0.1) is 24.1 Å². The fourth-order valence-electron chi connectivity index (χ4n) is 5.03. The summed E-state index contributed by atoms with van der Waals surface area (Å²) < 4.78 is 17.0. The number of carboxylic acid groups (broad SMARTS) is 1. The van der Waals surface area contributed by atoms with E-state index in [9.17, 15) is 19.8 Å². The number of hydrogen-bond donors (Lipinski definition) is 2. The van der Waals surface area contributed by atoms with Gasteiger partial charge in [0, 0.05) is 43.2 Å². The molecule has 1 aromatic carbocycles. The molecule has 0 radical (unpaired) electrons. The number of carbonyl (C=O) groups is 1. The summed E-state index contributed by atoms with van der Waals surface area (Å²) in [6.07, 6.45) is 5.36. The molecule has 2 saturated carbocycles. The molecule has 1 unspecified atom stereocenters. The molecule has 28 heavy (non-hydrogen) atoms. The summed E-state index contributed by atoms with van der Waals surface area (Å²) in [5, 5.41) is 19.3. The Hall–Kier alpha value is -2.41. The van der Waals surface area contributed by atoms with Crippen molar-refractivity contribution in [2.45, 2.75) is 38.6 Å². The first-order valence-corrected chi connectivity index (χ1v) is 9.83. The Kier molecular flexibility index (Phi) is 3.66. The molecule has 1 saturated heterocycles. The number of hydrogen-bond acceptors (Lipinski definition) is 4. The molecule has 1 aliphatic heterocycles. The maximum atomic E-state index is 15.2. The predicted octanol–water partition coefficient (Wildman–Crippen LogP) is 2.69. The lowest BCUT2D eigenvalue weighted by molar-refractivity contribution is 0.0695. The lowest BCUT2D eigenvalue weighted by Gasteiger charge is -2.24. The molecule has 2 aliphatic carbocycles. The van der Waals surface area contributed by atoms with Gasteiger partial charge in [-0.2, -0.15) is 0 Å². The number of aryl methyl sites for hydroxylation is 1. The number of rotatable bonds is 4. The second-order valence-corrected chi connectivity index (χ2v) is 8.67. The highest BCUT2D eigenvalue weighted by molar-refractivity contribution is 5.95. The number of carboxylic acids is 1. The van der Waals surface area contributed by atoms with E-state index < -0.39 is 17.2 Å². The van der Waals surface area contributed by atoms with Gasteiger partial charge in [0.15, 0.2) is 0 Å². The third-order valence-electron chi connectivity index (χ3n) is 6.89. The van der Waals surface area contributed by atoms with Crippen molar-refractivity contribution in [2.75, 3.05) is 24.6 Å². The van der Waals surface area contributed by atoms with Gasteiger partial charge in [-0.1, -0.05) is 0 Å². The quantitative estimate of drug-likeness (QED) is 0.844. The summed E-state index contributed by atoms with van der Waals surface area (Å²) in [5.74, 6) is -1.65. The van der Waals surface area contributed by atoms with Crippen LogP contribution in [0.4, 0.5) is 10.1 Å². The number of nitrogens with zero attached hydrogens (tertiary/aromatic N) is 2. The van der Waals surface area contributed by atoms with Gasteiger partial charge in [0.05, 0.1) is 11.2 Å². The second-order valence-electron chi connectivity index (χ2n) is 8.67. The van der Waals surface area contributed by atoms with Crippen molar-refractivity contribution >= 4 is 22.6 Å². The highest BCUT2D eigenvalue weighted by atomic mass is 19.1. The molecule has 2 aromatic rings. The normalized spacial score (nSPS) is 23.0. The Balaban J connectivity index is 1.72. The molecule has 5 rings (SSSR count). The first-order valence-electron chi connectivity index (χ1n) is 9.83. The van der Waals surface area contributed by atoms with E-state index in [1.54, 1.807) is 0 Å². The fraction of sp³-hybridized carbons (Fsp3) is 0.524. The van der Waals surface area contributed by atoms with E-state index in [4.69, 9.17) is 0 Å². The summed E-state index contributed by atoms with van der Waals surface area (Å²) in [4.78, 5) is 26.2. The molecule has 0 bridgehead atoms. The highest BCUT2D eigenvalue weighted by Crippen LogP contribution is 2.57. The Labute approximate surface area is 161 Å². The Morgan fingerprint density at radius 1 is 1.36 bits per heavy atom. The lowest BCUT2D eigenvalue weighted by Crippen LogP contribution is -2.25. The summed E-state index contributed by atoms with van der Waals surface area (Å²) >= 11 is 0. The smallest absolute Gasteiger partial charge is 0.341 e. The number of fused-ring (bicyclic) bond motifs is 1. The zero-order chi connectivity index (χ0) is 19.8. The van der Waals surface area contributed by atoms with E-state index in [2.05, 4.69) is 0 Å². The molecular weight excluding hydrogens is 363 g/mol. The number of halogens is 1. The van der Waals surface area contributed by atoms with Crippen LogP contribution < -0.4 is 10.3 Å². The largest absolute Gasteiger partial charge is 0.477 e.